The van der Waals surface area contributed by atoms with Crippen LogP contribution in [0.5, 0.6) is 0 Å². The van der Waals surface area contributed by atoms with E-state index in [1.807, 2.05) is 11.6 Å². The second-order valence-corrected chi connectivity index (χ2v) is 4.34. The smallest absolute Gasteiger partial charge is 0.170 e. The summed E-state index contributed by atoms with van der Waals surface area (Å²) >= 11 is -2.64. The van der Waals surface area contributed by atoms with Crippen LogP contribution < -0.4 is 10.0 Å². The van der Waals surface area contributed by atoms with Crippen LogP contribution in [0.4, 0.5) is 15.8 Å². The summed E-state index contributed by atoms with van der Waals surface area (Å²) in [6, 6.07) is 2.49. The standard InChI is InChI=1S/C11H15FN2O3S/c1-2-3-4-13-9-5-8(7-15)6-10(11(9)12)14-18(16)17/h5-7,13-14H,2-4H2,1H3,(H,16,17)/p-1. The Hall–Kier alpha value is -1.47. The summed E-state index contributed by atoms with van der Waals surface area (Å²) < 4.78 is 36.8. The Labute approximate surface area is 107 Å². The fourth-order valence-corrected chi connectivity index (χ4v) is 1.74. The third kappa shape index (κ3) is 4.08. The second-order valence-electron chi connectivity index (χ2n) is 3.66. The van der Waals surface area contributed by atoms with Gasteiger partial charge in [0.2, 0.25) is 0 Å². The molecule has 0 aliphatic rings. The maximum absolute atomic E-state index is 13.9. The SMILES string of the molecule is CCCCNc1cc(C=O)cc(NS(=O)[O-])c1F. The number of carbonyl (C=O) groups excluding carboxylic acids is 1. The lowest BCUT2D eigenvalue weighted by Crippen LogP contribution is -2.09. The van der Waals surface area contributed by atoms with Crippen LogP contribution in [-0.2, 0) is 11.3 Å². The molecule has 18 heavy (non-hydrogen) atoms. The maximum Gasteiger partial charge on any atom is 0.170 e. The minimum atomic E-state index is -2.64. The zero-order valence-corrected chi connectivity index (χ0v) is 10.7. The van der Waals surface area contributed by atoms with E-state index in [1.165, 1.54) is 6.07 Å². The average molecular weight is 273 g/mol. The van der Waals surface area contributed by atoms with Gasteiger partial charge in [-0.15, -0.1) is 0 Å². The molecule has 7 heteroatoms. The number of halogens is 1. The van der Waals surface area contributed by atoms with E-state index in [0.29, 0.717) is 12.8 Å². The van der Waals surface area contributed by atoms with Gasteiger partial charge < -0.3 is 14.6 Å². The number of hydrogen-bond donors (Lipinski definition) is 2. The number of carbonyl (C=O) groups is 1. The number of rotatable bonds is 7. The van der Waals surface area contributed by atoms with Crippen LogP contribution >= 0.6 is 0 Å². The number of anilines is 2. The van der Waals surface area contributed by atoms with Crippen LogP contribution in [0, 0.1) is 5.82 Å². The van der Waals surface area contributed by atoms with Crippen molar-refractivity contribution in [3.05, 3.63) is 23.5 Å². The lowest BCUT2D eigenvalue weighted by atomic mass is 10.1. The number of unbranched alkanes of at least 4 members (excludes halogenated alkanes) is 1. The molecule has 2 N–H and O–H groups in total. The van der Waals surface area contributed by atoms with Crippen molar-refractivity contribution < 1.29 is 17.9 Å². The Bertz CT molecular complexity index is 454. The Balaban J connectivity index is 3.00. The zero-order valence-electron chi connectivity index (χ0n) is 9.86. The van der Waals surface area contributed by atoms with Gasteiger partial charge in [-0.25, -0.2) is 4.39 Å². The van der Waals surface area contributed by atoms with Gasteiger partial charge in [0.05, 0.1) is 11.4 Å². The van der Waals surface area contributed by atoms with E-state index in [4.69, 9.17) is 0 Å². The zero-order chi connectivity index (χ0) is 13.5. The van der Waals surface area contributed by atoms with Gasteiger partial charge in [-0.1, -0.05) is 13.3 Å². The van der Waals surface area contributed by atoms with Gasteiger partial charge in [0.15, 0.2) is 5.82 Å². The lowest BCUT2D eigenvalue weighted by molar-refractivity contribution is 0.112. The molecule has 0 aromatic heterocycles. The van der Waals surface area contributed by atoms with Gasteiger partial charge in [0, 0.05) is 23.4 Å². The molecule has 0 aliphatic heterocycles. The Kier molecular flexibility index (Phi) is 5.73. The first-order chi connectivity index (χ1) is 8.58. The molecule has 0 heterocycles. The van der Waals surface area contributed by atoms with Crippen molar-refractivity contribution in [2.75, 3.05) is 16.6 Å². The molecule has 1 unspecified atom stereocenters. The van der Waals surface area contributed by atoms with E-state index in [2.05, 4.69) is 5.32 Å². The molecule has 1 rings (SSSR count). The molecule has 1 aromatic rings. The van der Waals surface area contributed by atoms with Crippen molar-refractivity contribution in [2.45, 2.75) is 19.8 Å². The van der Waals surface area contributed by atoms with Crippen LogP contribution in [0.1, 0.15) is 30.1 Å². The monoisotopic (exact) mass is 273 g/mol. The molecule has 100 valence electrons. The summed E-state index contributed by atoms with van der Waals surface area (Å²) in [5.74, 6) is -0.721. The van der Waals surface area contributed by atoms with Crippen LogP contribution in [0.25, 0.3) is 0 Å². The predicted molar refractivity (Wildman–Crippen MR) is 67.7 cm³/mol. The molecule has 0 aliphatic carbocycles. The molecule has 5 nitrogen and oxygen atoms in total. The molecule has 0 fully saturated rings. The molecule has 0 bridgehead atoms. The number of benzene rings is 1. The highest BCUT2D eigenvalue weighted by Gasteiger charge is 2.10. The van der Waals surface area contributed by atoms with Gasteiger partial charge >= 0.3 is 0 Å². The number of hydrogen-bond acceptors (Lipinski definition) is 4. The minimum Gasteiger partial charge on any atom is -0.755 e. The molecule has 0 spiro atoms. The van der Waals surface area contributed by atoms with E-state index in [-0.39, 0.29) is 16.9 Å². The fraction of sp³-hybridized carbons (Fsp3) is 0.364. The van der Waals surface area contributed by atoms with Crippen LogP contribution in [-0.4, -0.2) is 21.6 Å². The summed E-state index contributed by atoms with van der Waals surface area (Å²) in [4.78, 5) is 10.7. The van der Waals surface area contributed by atoms with Crippen molar-refractivity contribution in [3.8, 4) is 0 Å². The third-order valence-corrected chi connectivity index (χ3v) is 2.66. The highest BCUT2D eigenvalue weighted by molar-refractivity contribution is 7.80. The van der Waals surface area contributed by atoms with Gasteiger partial charge in [-0.3, -0.25) is 9.00 Å². The summed E-state index contributed by atoms with van der Waals surface area (Å²) in [5, 5.41) is 2.83. The summed E-state index contributed by atoms with van der Waals surface area (Å²) in [6.07, 6.45) is 2.32. The van der Waals surface area contributed by atoms with E-state index < -0.39 is 17.1 Å². The summed E-state index contributed by atoms with van der Waals surface area (Å²) in [5.41, 5.74) is 0.0660. The van der Waals surface area contributed by atoms with E-state index in [0.717, 1.165) is 18.9 Å². The molecule has 0 amide bonds. The molecular weight excluding hydrogens is 259 g/mol. The second kappa shape index (κ2) is 7.07. The molecule has 0 saturated heterocycles. The highest BCUT2D eigenvalue weighted by Crippen LogP contribution is 2.24. The minimum absolute atomic E-state index is 0.112. The average Bonchev–Trinajstić information content (AvgIpc) is 2.33. The largest absolute Gasteiger partial charge is 0.755 e. The molecular formula is C11H14FN2O3S-. The van der Waals surface area contributed by atoms with E-state index >= 15 is 0 Å². The van der Waals surface area contributed by atoms with Crippen LogP contribution in [0.15, 0.2) is 12.1 Å². The van der Waals surface area contributed by atoms with Crippen LogP contribution in [0.3, 0.4) is 0 Å². The number of aldehydes is 1. The lowest BCUT2D eigenvalue weighted by Gasteiger charge is -2.14. The molecule has 0 saturated carbocycles. The van der Waals surface area contributed by atoms with Crippen LogP contribution in [0.2, 0.25) is 0 Å². The fourth-order valence-electron chi connectivity index (χ4n) is 1.41. The van der Waals surface area contributed by atoms with Gasteiger partial charge in [-0.2, -0.15) is 0 Å². The highest BCUT2D eigenvalue weighted by atomic mass is 32.2. The van der Waals surface area contributed by atoms with Gasteiger partial charge in [-0.05, 0) is 18.6 Å². The van der Waals surface area contributed by atoms with Crippen molar-refractivity contribution in [3.63, 3.8) is 0 Å². The first-order valence-corrected chi connectivity index (χ1v) is 6.54. The van der Waals surface area contributed by atoms with E-state index in [9.17, 15) is 17.9 Å². The van der Waals surface area contributed by atoms with Crippen molar-refractivity contribution in [2.24, 2.45) is 0 Å². The topological polar surface area (TPSA) is 81.3 Å². The first-order valence-electron chi connectivity index (χ1n) is 5.47. The Morgan fingerprint density at radius 3 is 2.67 bits per heavy atom. The quantitative estimate of drug-likeness (QED) is 0.452. The molecule has 1 aromatic carbocycles. The normalized spacial score (nSPS) is 11.9. The maximum atomic E-state index is 13.9. The predicted octanol–water partition coefficient (Wildman–Crippen LogP) is 2.06. The van der Waals surface area contributed by atoms with Gasteiger partial charge in [0.25, 0.3) is 0 Å². The summed E-state index contributed by atoms with van der Waals surface area (Å²) in [7, 11) is 0. The first kappa shape index (κ1) is 14.6. The van der Waals surface area contributed by atoms with Gasteiger partial charge in [0.1, 0.15) is 6.29 Å². The molecule has 0 radical (unpaired) electrons. The molecule has 1 atom stereocenters. The van der Waals surface area contributed by atoms with Crippen molar-refractivity contribution >= 4 is 28.9 Å². The van der Waals surface area contributed by atoms with Crippen molar-refractivity contribution in [1.82, 2.24) is 0 Å². The Morgan fingerprint density at radius 2 is 2.11 bits per heavy atom. The summed E-state index contributed by atoms with van der Waals surface area (Å²) in [6.45, 7) is 2.54. The van der Waals surface area contributed by atoms with E-state index in [1.54, 1.807) is 0 Å². The Morgan fingerprint density at radius 1 is 1.44 bits per heavy atom. The van der Waals surface area contributed by atoms with Crippen molar-refractivity contribution in [1.29, 1.82) is 0 Å². The third-order valence-electron chi connectivity index (χ3n) is 2.27. The number of nitrogens with one attached hydrogen (secondary N) is 2.